The summed E-state index contributed by atoms with van der Waals surface area (Å²) < 4.78 is 5.85. The van der Waals surface area contributed by atoms with E-state index < -0.39 is 23.2 Å². The van der Waals surface area contributed by atoms with E-state index in [1.165, 1.54) is 0 Å². The standard InChI is InChI=1S/C20H32O4/c1-7-14(5)18(22)24-15-10-13(4)11-16(21)19(6)8-9-20(23,12(2)3)17(15)19/h7,11-12,15-17,21,23H,8-10H2,1-6H3/b14-7-. The summed E-state index contributed by atoms with van der Waals surface area (Å²) in [5.74, 6) is -0.603. The lowest BCUT2D eigenvalue weighted by Crippen LogP contribution is -2.52. The fraction of sp³-hybridized carbons (Fsp3) is 0.750. The number of aliphatic hydroxyl groups excluding tert-OH is 1. The topological polar surface area (TPSA) is 66.8 Å². The largest absolute Gasteiger partial charge is 0.458 e. The molecule has 0 aromatic rings. The molecule has 0 radical (unpaired) electrons. The molecule has 0 spiro atoms. The Hall–Kier alpha value is -1.13. The lowest BCUT2D eigenvalue weighted by Gasteiger charge is -2.44. The Morgan fingerprint density at radius 3 is 2.58 bits per heavy atom. The monoisotopic (exact) mass is 336 g/mol. The van der Waals surface area contributed by atoms with Gasteiger partial charge in [-0.05, 0) is 39.5 Å². The summed E-state index contributed by atoms with van der Waals surface area (Å²) >= 11 is 0. The smallest absolute Gasteiger partial charge is 0.333 e. The summed E-state index contributed by atoms with van der Waals surface area (Å²) in [6, 6.07) is 0. The van der Waals surface area contributed by atoms with Crippen molar-refractivity contribution in [2.24, 2.45) is 17.3 Å². The van der Waals surface area contributed by atoms with Crippen LogP contribution in [-0.4, -0.2) is 34.0 Å². The maximum atomic E-state index is 12.4. The van der Waals surface area contributed by atoms with Crippen LogP contribution in [0.2, 0.25) is 0 Å². The van der Waals surface area contributed by atoms with Crippen molar-refractivity contribution in [1.82, 2.24) is 0 Å². The summed E-state index contributed by atoms with van der Waals surface area (Å²) in [6.45, 7) is 11.5. The second-order valence-corrected chi connectivity index (χ2v) is 8.21. The molecule has 0 aromatic heterocycles. The van der Waals surface area contributed by atoms with Gasteiger partial charge in [-0.3, -0.25) is 0 Å². The lowest BCUT2D eigenvalue weighted by molar-refractivity contribution is -0.166. The molecule has 0 aromatic carbocycles. The van der Waals surface area contributed by atoms with E-state index in [2.05, 4.69) is 0 Å². The Bertz CT molecular complexity index is 562. The highest BCUT2D eigenvalue weighted by Gasteiger charge is 2.61. The van der Waals surface area contributed by atoms with Gasteiger partial charge in [-0.1, -0.05) is 38.5 Å². The first-order valence-corrected chi connectivity index (χ1v) is 8.98. The Balaban J connectivity index is 2.46. The molecule has 0 bridgehead atoms. The van der Waals surface area contributed by atoms with E-state index in [0.29, 0.717) is 24.8 Å². The van der Waals surface area contributed by atoms with Crippen molar-refractivity contribution in [1.29, 1.82) is 0 Å². The average Bonchev–Trinajstić information content (AvgIpc) is 2.74. The van der Waals surface area contributed by atoms with Crippen LogP contribution >= 0.6 is 0 Å². The number of ether oxygens (including phenoxy) is 1. The van der Waals surface area contributed by atoms with Crippen molar-refractivity contribution < 1.29 is 19.7 Å². The first-order chi connectivity index (χ1) is 11.1. The zero-order valence-electron chi connectivity index (χ0n) is 15.8. The molecule has 1 fully saturated rings. The van der Waals surface area contributed by atoms with Crippen LogP contribution in [0.25, 0.3) is 0 Å². The molecule has 0 aliphatic heterocycles. The van der Waals surface area contributed by atoms with Crippen molar-refractivity contribution in [2.45, 2.75) is 78.6 Å². The van der Waals surface area contributed by atoms with E-state index >= 15 is 0 Å². The minimum Gasteiger partial charge on any atom is -0.458 e. The third-order valence-electron chi connectivity index (χ3n) is 6.34. The Morgan fingerprint density at radius 1 is 1.42 bits per heavy atom. The van der Waals surface area contributed by atoms with Gasteiger partial charge in [-0.15, -0.1) is 0 Å². The van der Waals surface area contributed by atoms with Crippen molar-refractivity contribution in [3.8, 4) is 0 Å². The van der Waals surface area contributed by atoms with Crippen LogP contribution in [0, 0.1) is 17.3 Å². The van der Waals surface area contributed by atoms with Crippen LogP contribution in [-0.2, 0) is 9.53 Å². The minimum atomic E-state index is -0.941. The number of carbonyl (C=O) groups is 1. The van der Waals surface area contributed by atoms with Gasteiger partial charge in [0.15, 0.2) is 0 Å². The third kappa shape index (κ3) is 3.06. The number of allylic oxidation sites excluding steroid dienone is 1. The number of carbonyl (C=O) groups excluding carboxylic acids is 1. The fourth-order valence-electron chi connectivity index (χ4n) is 4.50. The number of rotatable bonds is 3. The zero-order valence-corrected chi connectivity index (χ0v) is 15.8. The molecular weight excluding hydrogens is 304 g/mol. The second-order valence-electron chi connectivity index (χ2n) is 8.21. The van der Waals surface area contributed by atoms with Crippen molar-refractivity contribution in [2.75, 3.05) is 0 Å². The molecule has 136 valence electrons. The van der Waals surface area contributed by atoms with Crippen LogP contribution in [0.15, 0.2) is 23.3 Å². The molecule has 0 heterocycles. The molecule has 2 aliphatic carbocycles. The molecule has 2 N–H and O–H groups in total. The molecule has 0 saturated heterocycles. The summed E-state index contributed by atoms with van der Waals surface area (Å²) in [6.07, 6.45) is 4.42. The molecule has 2 aliphatic rings. The normalized spacial score (nSPS) is 40.1. The van der Waals surface area contributed by atoms with Gasteiger partial charge in [0.1, 0.15) is 6.10 Å². The van der Waals surface area contributed by atoms with Gasteiger partial charge in [-0.25, -0.2) is 4.79 Å². The Kier molecular flexibility index (Phi) is 5.31. The number of fused-ring (bicyclic) bond motifs is 1. The van der Waals surface area contributed by atoms with Gasteiger partial charge >= 0.3 is 5.97 Å². The first-order valence-electron chi connectivity index (χ1n) is 8.98. The Labute approximate surface area is 145 Å². The van der Waals surface area contributed by atoms with Crippen LogP contribution in [0.3, 0.4) is 0 Å². The van der Waals surface area contributed by atoms with Gasteiger partial charge in [0, 0.05) is 23.3 Å². The van der Waals surface area contributed by atoms with Gasteiger partial charge < -0.3 is 14.9 Å². The van der Waals surface area contributed by atoms with Crippen LogP contribution in [0.4, 0.5) is 0 Å². The highest BCUT2D eigenvalue weighted by molar-refractivity contribution is 5.87. The molecule has 1 saturated carbocycles. The average molecular weight is 336 g/mol. The summed E-state index contributed by atoms with van der Waals surface area (Å²) in [7, 11) is 0. The van der Waals surface area contributed by atoms with E-state index in [4.69, 9.17) is 4.74 Å². The molecule has 2 rings (SSSR count). The van der Waals surface area contributed by atoms with Crippen LogP contribution in [0.5, 0.6) is 0 Å². The number of aliphatic hydroxyl groups is 2. The Morgan fingerprint density at radius 2 is 2.04 bits per heavy atom. The number of hydrogen-bond acceptors (Lipinski definition) is 4. The fourth-order valence-corrected chi connectivity index (χ4v) is 4.50. The minimum absolute atomic E-state index is 0.0268. The second kappa shape index (κ2) is 6.64. The van der Waals surface area contributed by atoms with Gasteiger partial charge in [0.25, 0.3) is 0 Å². The zero-order chi connectivity index (χ0) is 18.3. The highest BCUT2D eigenvalue weighted by Crippen LogP contribution is 2.58. The van der Waals surface area contributed by atoms with Gasteiger partial charge in [0.2, 0.25) is 0 Å². The molecular formula is C20H32O4. The van der Waals surface area contributed by atoms with E-state index in [1.54, 1.807) is 13.0 Å². The van der Waals surface area contributed by atoms with E-state index in [1.807, 2.05) is 40.7 Å². The molecule has 5 unspecified atom stereocenters. The predicted molar refractivity (Wildman–Crippen MR) is 94.3 cm³/mol. The summed E-state index contributed by atoms with van der Waals surface area (Å²) in [5, 5.41) is 22.2. The molecule has 24 heavy (non-hydrogen) atoms. The van der Waals surface area contributed by atoms with Crippen molar-refractivity contribution in [3.05, 3.63) is 23.3 Å². The summed E-state index contributed by atoms with van der Waals surface area (Å²) in [5.41, 5.74) is 0.128. The molecule has 4 heteroatoms. The predicted octanol–water partition coefficient (Wildman–Crippen LogP) is 3.38. The van der Waals surface area contributed by atoms with Crippen LogP contribution in [0.1, 0.15) is 60.8 Å². The number of hydrogen-bond donors (Lipinski definition) is 2. The SMILES string of the molecule is C/C=C(/C)C(=O)OC1CC(C)=CC(O)C2(C)CCC(O)(C(C)C)C12. The molecule has 0 amide bonds. The molecule has 4 nitrogen and oxygen atoms in total. The molecule has 5 atom stereocenters. The van der Waals surface area contributed by atoms with Crippen molar-refractivity contribution >= 4 is 5.97 Å². The van der Waals surface area contributed by atoms with Crippen molar-refractivity contribution in [3.63, 3.8) is 0 Å². The van der Waals surface area contributed by atoms with E-state index in [0.717, 1.165) is 5.57 Å². The highest BCUT2D eigenvalue weighted by atomic mass is 16.5. The van der Waals surface area contributed by atoms with Crippen LogP contribution < -0.4 is 0 Å². The summed E-state index contributed by atoms with van der Waals surface area (Å²) in [4.78, 5) is 12.4. The first kappa shape index (κ1) is 19.2. The third-order valence-corrected chi connectivity index (χ3v) is 6.34. The lowest BCUT2D eigenvalue weighted by atomic mass is 9.66. The maximum Gasteiger partial charge on any atom is 0.333 e. The van der Waals surface area contributed by atoms with E-state index in [-0.39, 0.29) is 17.8 Å². The quantitative estimate of drug-likeness (QED) is 0.471. The number of esters is 1. The maximum absolute atomic E-state index is 12.4. The van der Waals surface area contributed by atoms with E-state index in [9.17, 15) is 15.0 Å². The van der Waals surface area contributed by atoms with Gasteiger partial charge in [-0.2, -0.15) is 0 Å². The van der Waals surface area contributed by atoms with Gasteiger partial charge in [0.05, 0.1) is 11.7 Å².